The molecule has 0 radical (unpaired) electrons. The maximum Gasteiger partial charge on any atom is 0.339 e. The Labute approximate surface area is 211 Å². The summed E-state index contributed by atoms with van der Waals surface area (Å²) < 4.78 is 35.2. The van der Waals surface area contributed by atoms with Crippen LogP contribution in [0.2, 0.25) is 10.0 Å². The average Bonchev–Trinajstić information content (AvgIpc) is 2.84. The normalized spacial score (nSPS) is 11.3. The zero-order chi connectivity index (χ0) is 25.6. The number of amides is 1. The van der Waals surface area contributed by atoms with Crippen LogP contribution in [0.1, 0.15) is 15.9 Å². The molecule has 1 amide bonds. The van der Waals surface area contributed by atoms with Crippen molar-refractivity contribution in [2.24, 2.45) is 0 Å². The predicted octanol–water partition coefficient (Wildman–Crippen LogP) is 5.09. The van der Waals surface area contributed by atoms with Crippen molar-refractivity contribution in [3.8, 4) is 11.8 Å². The molecule has 0 fully saturated rings. The van der Waals surface area contributed by atoms with Crippen molar-refractivity contribution in [2.45, 2.75) is 4.90 Å². The van der Waals surface area contributed by atoms with E-state index in [4.69, 9.17) is 27.4 Å². The van der Waals surface area contributed by atoms with Gasteiger partial charge in [-0.3, -0.25) is 4.79 Å². The molecule has 178 valence electrons. The second kappa shape index (κ2) is 11.1. The lowest BCUT2D eigenvalue weighted by Crippen LogP contribution is -2.14. The molecule has 1 N–H and O–H groups in total. The lowest BCUT2D eigenvalue weighted by atomic mass is 10.1. The molecule has 0 atom stereocenters. The van der Waals surface area contributed by atoms with Crippen LogP contribution in [0.15, 0.2) is 77.2 Å². The lowest BCUT2D eigenvalue weighted by Gasteiger charge is -2.11. The molecule has 0 aromatic heterocycles. The summed E-state index contributed by atoms with van der Waals surface area (Å²) in [6.07, 6.45) is 1.15. The molecule has 0 aliphatic rings. The molecule has 35 heavy (non-hydrogen) atoms. The van der Waals surface area contributed by atoms with E-state index in [1.54, 1.807) is 6.07 Å². The van der Waals surface area contributed by atoms with E-state index in [-0.39, 0.29) is 32.4 Å². The smallest absolute Gasteiger partial charge is 0.339 e. The number of carbonyl (C=O) groups is 2. The number of anilines is 1. The summed E-state index contributed by atoms with van der Waals surface area (Å²) in [5.41, 5.74) is 0.335. The molecular formula is C24H16Cl2N2O6S. The van der Waals surface area contributed by atoms with E-state index in [0.29, 0.717) is 10.7 Å². The molecule has 3 aromatic rings. The maximum absolute atomic E-state index is 12.7. The van der Waals surface area contributed by atoms with Gasteiger partial charge in [-0.15, -0.1) is 0 Å². The molecule has 0 saturated carbocycles. The summed E-state index contributed by atoms with van der Waals surface area (Å²) in [6.45, 7) is 0. The van der Waals surface area contributed by atoms with Crippen LogP contribution in [0, 0.1) is 11.3 Å². The SMILES string of the molecule is COC(=O)c1ccc(NC(=O)/C(C#N)=C/c2cc(Cl)ccc2OS(=O)(=O)c2ccc(Cl)cc2)cc1. The standard InChI is InChI=1S/C24H16Cl2N2O6S/c1-33-24(30)15-2-7-20(8-3-15)28-23(29)17(14-27)12-16-13-19(26)6-11-22(16)34-35(31,32)21-9-4-18(25)5-10-21/h2-13H,1H3,(H,28,29)/b17-12+. The van der Waals surface area contributed by atoms with Crippen LogP contribution in [0.5, 0.6) is 5.75 Å². The first kappa shape index (κ1) is 25.8. The first-order chi connectivity index (χ1) is 16.6. The number of nitriles is 1. The third kappa shape index (κ3) is 6.61. The van der Waals surface area contributed by atoms with Gasteiger partial charge in [0.1, 0.15) is 22.3 Å². The van der Waals surface area contributed by atoms with Crippen LogP contribution < -0.4 is 9.50 Å². The molecular weight excluding hydrogens is 515 g/mol. The van der Waals surface area contributed by atoms with Crippen molar-refractivity contribution in [3.05, 3.63) is 93.5 Å². The van der Waals surface area contributed by atoms with Gasteiger partial charge in [-0.05, 0) is 72.8 Å². The molecule has 11 heteroatoms. The highest BCUT2D eigenvalue weighted by Crippen LogP contribution is 2.29. The number of nitrogens with zero attached hydrogens (tertiary/aromatic N) is 1. The minimum atomic E-state index is -4.24. The van der Waals surface area contributed by atoms with E-state index >= 15 is 0 Å². The minimum absolute atomic E-state index is 0.0859. The van der Waals surface area contributed by atoms with Crippen molar-refractivity contribution in [3.63, 3.8) is 0 Å². The number of carbonyl (C=O) groups excluding carboxylic acids is 2. The predicted molar refractivity (Wildman–Crippen MR) is 131 cm³/mol. The Bertz CT molecular complexity index is 1440. The number of hydrogen-bond acceptors (Lipinski definition) is 7. The number of hydrogen-bond donors (Lipinski definition) is 1. The van der Waals surface area contributed by atoms with Crippen molar-refractivity contribution < 1.29 is 26.9 Å². The Hall–Kier alpha value is -3.84. The van der Waals surface area contributed by atoms with Gasteiger partial charge in [-0.2, -0.15) is 13.7 Å². The summed E-state index contributed by atoms with van der Waals surface area (Å²) in [4.78, 5) is 24.1. The van der Waals surface area contributed by atoms with Crippen LogP contribution in [-0.4, -0.2) is 27.4 Å². The molecule has 0 spiro atoms. The van der Waals surface area contributed by atoms with Gasteiger partial charge in [-0.1, -0.05) is 23.2 Å². The van der Waals surface area contributed by atoms with Crippen molar-refractivity contribution in [2.75, 3.05) is 12.4 Å². The quantitative estimate of drug-likeness (QED) is 0.195. The number of methoxy groups -OCH3 is 1. The van der Waals surface area contributed by atoms with Crippen LogP contribution in [0.4, 0.5) is 5.69 Å². The van der Waals surface area contributed by atoms with Crippen LogP contribution in [0.3, 0.4) is 0 Å². The number of rotatable bonds is 7. The third-order valence-electron chi connectivity index (χ3n) is 4.50. The molecule has 0 aliphatic carbocycles. The topological polar surface area (TPSA) is 123 Å². The van der Waals surface area contributed by atoms with Gasteiger partial charge < -0.3 is 14.2 Å². The van der Waals surface area contributed by atoms with Crippen LogP contribution in [-0.2, 0) is 19.6 Å². The highest BCUT2D eigenvalue weighted by atomic mass is 35.5. The van der Waals surface area contributed by atoms with E-state index in [0.717, 1.165) is 6.08 Å². The summed E-state index contributed by atoms with van der Waals surface area (Å²) in [7, 11) is -3.00. The van der Waals surface area contributed by atoms with Crippen molar-refractivity contribution in [1.29, 1.82) is 5.26 Å². The summed E-state index contributed by atoms with van der Waals surface area (Å²) >= 11 is 11.8. The van der Waals surface area contributed by atoms with E-state index in [1.165, 1.54) is 73.8 Å². The van der Waals surface area contributed by atoms with Crippen molar-refractivity contribution >= 4 is 57.0 Å². The molecule has 3 rings (SSSR count). The zero-order valence-electron chi connectivity index (χ0n) is 18.0. The van der Waals surface area contributed by atoms with Gasteiger partial charge in [0.2, 0.25) is 0 Å². The van der Waals surface area contributed by atoms with Crippen LogP contribution in [0.25, 0.3) is 6.08 Å². The van der Waals surface area contributed by atoms with Gasteiger partial charge in [0.15, 0.2) is 0 Å². The maximum atomic E-state index is 12.7. The van der Waals surface area contributed by atoms with Crippen molar-refractivity contribution in [1.82, 2.24) is 0 Å². The summed E-state index contributed by atoms with van der Waals surface area (Å²) in [5.74, 6) is -1.46. The highest BCUT2D eigenvalue weighted by Gasteiger charge is 2.19. The molecule has 0 heterocycles. The molecule has 0 bridgehead atoms. The largest absolute Gasteiger partial charge is 0.465 e. The number of benzene rings is 3. The fourth-order valence-electron chi connectivity index (χ4n) is 2.79. The first-order valence-corrected chi connectivity index (χ1v) is 11.9. The van der Waals surface area contributed by atoms with Gasteiger partial charge in [0, 0.05) is 21.3 Å². The Balaban J connectivity index is 1.88. The molecule has 8 nitrogen and oxygen atoms in total. The summed E-state index contributed by atoms with van der Waals surface area (Å²) in [6, 6.07) is 17.0. The first-order valence-electron chi connectivity index (χ1n) is 9.74. The monoisotopic (exact) mass is 530 g/mol. The van der Waals surface area contributed by atoms with E-state index in [9.17, 15) is 23.3 Å². The minimum Gasteiger partial charge on any atom is -0.465 e. The third-order valence-corrected chi connectivity index (χ3v) is 6.24. The molecule has 0 aliphatic heterocycles. The zero-order valence-corrected chi connectivity index (χ0v) is 20.3. The van der Waals surface area contributed by atoms with E-state index in [1.807, 2.05) is 0 Å². The molecule has 0 saturated heterocycles. The van der Waals surface area contributed by atoms with Gasteiger partial charge in [0.05, 0.1) is 12.7 Å². The van der Waals surface area contributed by atoms with E-state index in [2.05, 4.69) is 10.1 Å². The Morgan fingerprint density at radius 3 is 2.20 bits per heavy atom. The fraction of sp³-hybridized carbons (Fsp3) is 0.0417. The van der Waals surface area contributed by atoms with Gasteiger partial charge in [-0.25, -0.2) is 4.79 Å². The van der Waals surface area contributed by atoms with Gasteiger partial charge >= 0.3 is 16.1 Å². The second-order valence-electron chi connectivity index (χ2n) is 6.87. The number of esters is 1. The lowest BCUT2D eigenvalue weighted by molar-refractivity contribution is -0.112. The number of ether oxygens (including phenoxy) is 1. The average molecular weight is 531 g/mol. The Morgan fingerprint density at radius 1 is 0.971 bits per heavy atom. The number of halogens is 2. The Morgan fingerprint density at radius 2 is 1.60 bits per heavy atom. The van der Waals surface area contributed by atoms with E-state index < -0.39 is 22.0 Å². The Kier molecular flexibility index (Phi) is 8.14. The van der Waals surface area contributed by atoms with Gasteiger partial charge in [0.25, 0.3) is 5.91 Å². The summed E-state index contributed by atoms with van der Waals surface area (Å²) in [5, 5.41) is 12.6. The second-order valence-corrected chi connectivity index (χ2v) is 9.29. The fourth-order valence-corrected chi connectivity index (χ4v) is 4.05. The highest BCUT2D eigenvalue weighted by molar-refractivity contribution is 7.87. The number of nitrogens with one attached hydrogen (secondary N) is 1. The van der Waals surface area contributed by atoms with Crippen LogP contribution >= 0.6 is 23.2 Å². The molecule has 3 aromatic carbocycles. The molecule has 0 unspecified atom stereocenters.